The Kier molecular flexibility index (Phi) is 7.51. The van der Waals surface area contributed by atoms with Gasteiger partial charge in [0.2, 0.25) is 0 Å². The van der Waals surface area contributed by atoms with Crippen molar-refractivity contribution in [3.05, 3.63) is 28.5 Å². The van der Waals surface area contributed by atoms with E-state index in [1.165, 1.54) is 4.90 Å². The highest BCUT2D eigenvalue weighted by atomic mass is 35.5. The van der Waals surface area contributed by atoms with Crippen LogP contribution in [0.1, 0.15) is 40.0 Å². The molecule has 10 heteroatoms. The Hall–Kier alpha value is -1.32. The highest BCUT2D eigenvalue weighted by molar-refractivity contribution is 6.74. The van der Waals surface area contributed by atoms with Gasteiger partial charge in [-0.05, 0) is 49.5 Å². The van der Waals surface area contributed by atoms with Crippen LogP contribution in [0.25, 0.3) is 11.0 Å². The number of imidazole rings is 1. The monoisotopic (exact) mass is 501 g/mol. The number of halogens is 2. The lowest BCUT2D eigenvalue weighted by Gasteiger charge is -2.46. The van der Waals surface area contributed by atoms with Crippen molar-refractivity contribution < 1.29 is 19.4 Å². The molecule has 1 aliphatic heterocycles. The maximum atomic E-state index is 12.0. The van der Waals surface area contributed by atoms with Gasteiger partial charge >= 0.3 is 6.09 Å². The average Bonchev–Trinajstić information content (AvgIpc) is 3.03. The van der Waals surface area contributed by atoms with Gasteiger partial charge in [0.1, 0.15) is 0 Å². The predicted molar refractivity (Wildman–Crippen MR) is 130 cm³/mol. The third-order valence-electron chi connectivity index (χ3n) is 6.80. The summed E-state index contributed by atoms with van der Waals surface area (Å²) in [5.41, 5.74) is 1.46. The molecule has 178 valence electrons. The van der Waals surface area contributed by atoms with Crippen molar-refractivity contribution in [3.63, 3.8) is 0 Å². The molecule has 0 radical (unpaired) electrons. The van der Waals surface area contributed by atoms with E-state index in [0.717, 1.165) is 18.4 Å². The second-order valence-corrected chi connectivity index (χ2v) is 15.7. The Balaban J connectivity index is 1.80. The SMILES string of the molecule is CC(C)(C)[Si](C)(C)O[C@H]1CCCN(C(=O)O)[C@@H]1CC(O)Cn1cnc2cc(Cl)c(Cl)cc21. The average molecular weight is 503 g/mol. The smallest absolute Gasteiger partial charge is 0.407 e. The molecule has 32 heavy (non-hydrogen) atoms. The van der Waals surface area contributed by atoms with Crippen LogP contribution in [0.5, 0.6) is 0 Å². The van der Waals surface area contributed by atoms with Crippen molar-refractivity contribution in [2.45, 2.75) is 83.0 Å². The molecule has 2 heterocycles. The molecule has 0 bridgehead atoms. The predicted octanol–water partition coefficient (Wildman–Crippen LogP) is 5.63. The molecule has 1 fully saturated rings. The molecule has 1 aromatic heterocycles. The van der Waals surface area contributed by atoms with Crippen LogP contribution in [0, 0.1) is 0 Å². The summed E-state index contributed by atoms with van der Waals surface area (Å²) in [6.45, 7) is 11.6. The number of fused-ring (bicyclic) bond motifs is 1. The Labute approximate surface area is 200 Å². The van der Waals surface area contributed by atoms with E-state index in [0.29, 0.717) is 22.1 Å². The zero-order chi connectivity index (χ0) is 23.8. The van der Waals surface area contributed by atoms with E-state index in [2.05, 4.69) is 38.8 Å². The summed E-state index contributed by atoms with van der Waals surface area (Å²) in [7, 11) is -2.10. The van der Waals surface area contributed by atoms with E-state index in [1.54, 1.807) is 18.5 Å². The number of rotatable bonds is 6. The maximum Gasteiger partial charge on any atom is 0.407 e. The second kappa shape index (κ2) is 9.50. The summed E-state index contributed by atoms with van der Waals surface area (Å²) in [5, 5.41) is 21.6. The molecule has 1 unspecified atom stereocenters. The van der Waals surface area contributed by atoms with E-state index in [4.69, 9.17) is 27.6 Å². The number of hydrogen-bond donors (Lipinski definition) is 2. The fourth-order valence-electron chi connectivity index (χ4n) is 4.01. The first-order valence-corrected chi connectivity index (χ1v) is 14.6. The van der Waals surface area contributed by atoms with Crippen molar-refractivity contribution in [3.8, 4) is 0 Å². The summed E-state index contributed by atoms with van der Waals surface area (Å²) in [6, 6.07) is 3.02. The van der Waals surface area contributed by atoms with E-state index < -0.39 is 26.6 Å². The van der Waals surface area contributed by atoms with Crippen LogP contribution in [-0.4, -0.2) is 63.9 Å². The zero-order valence-electron chi connectivity index (χ0n) is 19.3. The van der Waals surface area contributed by atoms with Gasteiger partial charge in [0.25, 0.3) is 0 Å². The maximum absolute atomic E-state index is 12.0. The quantitative estimate of drug-likeness (QED) is 0.500. The van der Waals surface area contributed by atoms with Crippen molar-refractivity contribution in [2.75, 3.05) is 6.54 Å². The number of aliphatic hydroxyl groups excluding tert-OH is 1. The molecule has 1 aromatic carbocycles. The highest BCUT2D eigenvalue weighted by Gasteiger charge is 2.44. The number of amides is 1. The first-order valence-electron chi connectivity index (χ1n) is 11.0. The highest BCUT2D eigenvalue weighted by Crippen LogP contribution is 2.39. The number of aromatic nitrogens is 2. The standard InChI is InChI=1S/C22H33Cl2N3O4Si/c1-22(2,3)32(4,5)31-20-7-6-8-27(21(29)30)19(20)9-14(28)12-26-13-25-17-10-15(23)16(24)11-18(17)26/h10-11,13-14,19-20,28H,6-9,12H2,1-5H3,(H,29,30)/t14?,19-,20+/m1/s1. The molecule has 3 rings (SSSR count). The largest absolute Gasteiger partial charge is 0.465 e. The second-order valence-electron chi connectivity index (χ2n) is 10.1. The van der Waals surface area contributed by atoms with Gasteiger partial charge in [-0.1, -0.05) is 44.0 Å². The molecule has 1 saturated heterocycles. The van der Waals surface area contributed by atoms with Crippen LogP contribution >= 0.6 is 23.2 Å². The Bertz CT molecular complexity index is 976. The number of aliphatic hydroxyl groups is 1. The molecule has 7 nitrogen and oxygen atoms in total. The van der Waals surface area contributed by atoms with Gasteiger partial charge in [0.05, 0.1) is 52.2 Å². The Morgan fingerprint density at radius 2 is 1.97 bits per heavy atom. The summed E-state index contributed by atoms with van der Waals surface area (Å²) in [6.07, 6.45) is 1.48. The lowest BCUT2D eigenvalue weighted by atomic mass is 9.94. The normalized spacial score (nSPS) is 21.2. The Morgan fingerprint density at radius 3 is 2.59 bits per heavy atom. The topological polar surface area (TPSA) is 87.8 Å². The summed E-state index contributed by atoms with van der Waals surface area (Å²) in [5.74, 6) is 0. The number of nitrogens with zero attached hydrogens (tertiary/aromatic N) is 3. The molecule has 2 N–H and O–H groups in total. The molecule has 3 atom stereocenters. The van der Waals surface area contributed by atoms with E-state index >= 15 is 0 Å². The van der Waals surface area contributed by atoms with Crippen LogP contribution in [0.3, 0.4) is 0 Å². The molecule has 0 spiro atoms. The van der Waals surface area contributed by atoms with E-state index in [1.807, 2.05) is 4.57 Å². The molecule has 0 aliphatic carbocycles. The van der Waals surface area contributed by atoms with Gasteiger partial charge in [-0.25, -0.2) is 9.78 Å². The van der Waals surface area contributed by atoms with Gasteiger partial charge in [-0.15, -0.1) is 0 Å². The number of benzene rings is 1. The summed E-state index contributed by atoms with van der Waals surface area (Å²) < 4.78 is 8.46. The molecule has 0 saturated carbocycles. The van der Waals surface area contributed by atoms with Crippen LogP contribution in [0.15, 0.2) is 18.5 Å². The van der Waals surface area contributed by atoms with Crippen LogP contribution in [-0.2, 0) is 11.0 Å². The summed E-state index contributed by atoms with van der Waals surface area (Å²) >= 11 is 12.2. The van der Waals surface area contributed by atoms with Crippen LogP contribution in [0.4, 0.5) is 4.79 Å². The number of hydrogen-bond acceptors (Lipinski definition) is 4. The van der Waals surface area contributed by atoms with E-state index in [9.17, 15) is 15.0 Å². The Morgan fingerprint density at radius 1 is 1.31 bits per heavy atom. The van der Waals surface area contributed by atoms with Crippen LogP contribution in [0.2, 0.25) is 28.2 Å². The molecule has 1 amide bonds. The minimum atomic E-state index is -2.10. The number of carbonyl (C=O) groups is 1. The first kappa shape index (κ1) is 25.3. The molecular formula is C22H33Cl2N3O4Si. The van der Waals surface area contributed by atoms with Gasteiger partial charge in [-0.2, -0.15) is 0 Å². The third kappa shape index (κ3) is 5.42. The van der Waals surface area contributed by atoms with Gasteiger partial charge < -0.3 is 24.1 Å². The summed E-state index contributed by atoms with van der Waals surface area (Å²) in [4.78, 5) is 17.8. The first-order chi connectivity index (χ1) is 14.8. The number of carboxylic acid groups (broad SMARTS) is 1. The lowest BCUT2D eigenvalue weighted by Crippen LogP contribution is -2.56. The van der Waals surface area contributed by atoms with Crippen molar-refractivity contribution in [2.24, 2.45) is 0 Å². The van der Waals surface area contributed by atoms with Gasteiger partial charge in [0, 0.05) is 6.54 Å². The van der Waals surface area contributed by atoms with Crippen molar-refractivity contribution >= 4 is 48.6 Å². The van der Waals surface area contributed by atoms with Crippen molar-refractivity contribution in [1.82, 2.24) is 14.5 Å². The number of likely N-dealkylation sites (tertiary alicyclic amines) is 1. The number of piperidine rings is 1. The fourth-order valence-corrected chi connectivity index (χ4v) is 5.71. The minimum absolute atomic E-state index is 0.0118. The zero-order valence-corrected chi connectivity index (χ0v) is 21.8. The van der Waals surface area contributed by atoms with Gasteiger partial charge in [-0.3, -0.25) is 0 Å². The van der Waals surface area contributed by atoms with E-state index in [-0.39, 0.29) is 24.1 Å². The minimum Gasteiger partial charge on any atom is -0.465 e. The van der Waals surface area contributed by atoms with Gasteiger partial charge in [0.15, 0.2) is 8.32 Å². The van der Waals surface area contributed by atoms with Crippen LogP contribution < -0.4 is 0 Å². The van der Waals surface area contributed by atoms with Crippen molar-refractivity contribution in [1.29, 1.82) is 0 Å². The molecular weight excluding hydrogens is 469 g/mol. The fraction of sp³-hybridized carbons (Fsp3) is 0.636. The molecule has 1 aliphatic rings. The third-order valence-corrected chi connectivity index (χ3v) is 12.0. The lowest BCUT2D eigenvalue weighted by molar-refractivity contribution is -0.00324. The molecule has 2 aromatic rings.